The van der Waals surface area contributed by atoms with Gasteiger partial charge >= 0.3 is 0 Å². The first-order valence-corrected chi connectivity index (χ1v) is 2.93. The first-order chi connectivity index (χ1) is 4.34. The smallest absolute Gasteiger partial charge is 0.161 e. The van der Waals surface area contributed by atoms with Gasteiger partial charge < -0.3 is 0 Å². The monoisotopic (exact) mass is 144 g/mol. The SMILES string of the molecule is NC(NS)n1cccn1. The predicted octanol–water partition coefficient (Wildman–Crippen LogP) is -0.268. The molecule has 0 saturated heterocycles. The van der Waals surface area contributed by atoms with Crippen molar-refractivity contribution in [3.63, 3.8) is 0 Å². The highest BCUT2D eigenvalue weighted by atomic mass is 32.1. The fraction of sp³-hybridized carbons (Fsp3) is 0.250. The summed E-state index contributed by atoms with van der Waals surface area (Å²) in [6, 6.07) is 1.80. The Morgan fingerprint density at radius 2 is 2.56 bits per heavy atom. The van der Waals surface area contributed by atoms with Crippen LogP contribution in [0, 0.1) is 0 Å². The molecule has 0 amide bonds. The van der Waals surface area contributed by atoms with E-state index in [1.165, 1.54) is 0 Å². The van der Waals surface area contributed by atoms with Gasteiger partial charge in [-0.1, -0.05) is 12.8 Å². The predicted molar refractivity (Wildman–Crippen MR) is 37.6 cm³/mol. The molecule has 50 valence electrons. The molecular formula is C4H8N4S. The van der Waals surface area contributed by atoms with Crippen LogP contribution in [0.5, 0.6) is 0 Å². The van der Waals surface area contributed by atoms with Crippen LogP contribution in [-0.4, -0.2) is 9.78 Å². The van der Waals surface area contributed by atoms with Crippen molar-refractivity contribution in [3.05, 3.63) is 18.5 Å². The Kier molecular flexibility index (Phi) is 2.10. The molecular weight excluding hydrogens is 136 g/mol. The molecule has 0 bridgehead atoms. The molecule has 4 nitrogen and oxygen atoms in total. The van der Waals surface area contributed by atoms with E-state index in [2.05, 4.69) is 22.6 Å². The Balaban J connectivity index is 2.65. The zero-order valence-electron chi connectivity index (χ0n) is 4.73. The van der Waals surface area contributed by atoms with Gasteiger partial charge in [-0.25, -0.2) is 9.40 Å². The zero-order valence-corrected chi connectivity index (χ0v) is 5.62. The van der Waals surface area contributed by atoms with Crippen LogP contribution in [0.1, 0.15) is 6.29 Å². The molecule has 0 spiro atoms. The normalized spacial score (nSPS) is 13.6. The number of aromatic nitrogens is 2. The van der Waals surface area contributed by atoms with Crippen molar-refractivity contribution in [3.8, 4) is 0 Å². The molecule has 1 aromatic heterocycles. The third kappa shape index (κ3) is 1.44. The maximum atomic E-state index is 5.45. The summed E-state index contributed by atoms with van der Waals surface area (Å²) in [4.78, 5) is 0. The van der Waals surface area contributed by atoms with Crippen LogP contribution in [0.3, 0.4) is 0 Å². The second kappa shape index (κ2) is 2.86. The Bertz CT molecular complexity index is 161. The molecule has 0 aliphatic carbocycles. The number of nitrogens with zero attached hydrogens (tertiary/aromatic N) is 2. The largest absolute Gasteiger partial charge is 0.297 e. The maximum Gasteiger partial charge on any atom is 0.161 e. The van der Waals surface area contributed by atoms with Crippen LogP contribution in [0.4, 0.5) is 0 Å². The van der Waals surface area contributed by atoms with E-state index in [4.69, 9.17) is 5.73 Å². The van der Waals surface area contributed by atoms with E-state index >= 15 is 0 Å². The minimum Gasteiger partial charge on any atom is -0.297 e. The second-order valence-electron chi connectivity index (χ2n) is 1.56. The Hall–Kier alpha value is -0.520. The molecule has 1 rings (SSSR count). The van der Waals surface area contributed by atoms with E-state index < -0.39 is 0 Å². The standard InChI is InChI=1S/C4H8N4S/c5-4(7-9)8-3-1-2-6-8/h1-4,7,9H,5H2. The molecule has 1 unspecified atom stereocenters. The third-order valence-electron chi connectivity index (χ3n) is 0.942. The van der Waals surface area contributed by atoms with E-state index in [1.807, 2.05) is 0 Å². The van der Waals surface area contributed by atoms with Gasteiger partial charge in [-0.15, -0.1) is 0 Å². The summed E-state index contributed by atoms with van der Waals surface area (Å²) >= 11 is 3.77. The van der Waals surface area contributed by atoms with Crippen LogP contribution in [0.2, 0.25) is 0 Å². The first kappa shape index (κ1) is 6.60. The molecule has 1 heterocycles. The van der Waals surface area contributed by atoms with E-state index in [1.54, 1.807) is 23.1 Å². The highest BCUT2D eigenvalue weighted by Gasteiger charge is 1.97. The highest BCUT2D eigenvalue weighted by molar-refractivity contribution is 7.78. The van der Waals surface area contributed by atoms with Crippen molar-refractivity contribution in [2.75, 3.05) is 0 Å². The number of nitrogens with one attached hydrogen (secondary N) is 1. The zero-order chi connectivity index (χ0) is 6.69. The minimum atomic E-state index is -0.344. The van der Waals surface area contributed by atoms with Crippen molar-refractivity contribution in [1.82, 2.24) is 14.5 Å². The van der Waals surface area contributed by atoms with Gasteiger partial charge in [0.15, 0.2) is 6.29 Å². The second-order valence-corrected chi connectivity index (χ2v) is 1.82. The van der Waals surface area contributed by atoms with Crippen molar-refractivity contribution in [2.24, 2.45) is 5.73 Å². The Morgan fingerprint density at radius 3 is 3.00 bits per heavy atom. The van der Waals surface area contributed by atoms with Gasteiger partial charge in [-0.2, -0.15) is 5.10 Å². The molecule has 5 heteroatoms. The third-order valence-corrected chi connectivity index (χ3v) is 1.21. The van der Waals surface area contributed by atoms with Gasteiger partial charge in [0.1, 0.15) is 0 Å². The van der Waals surface area contributed by atoms with Gasteiger partial charge in [0, 0.05) is 12.4 Å². The fourth-order valence-corrected chi connectivity index (χ4v) is 0.623. The van der Waals surface area contributed by atoms with E-state index in [0.29, 0.717) is 0 Å². The summed E-state index contributed by atoms with van der Waals surface area (Å²) in [6.45, 7) is 0. The molecule has 0 aliphatic rings. The first-order valence-electron chi connectivity index (χ1n) is 2.49. The average Bonchev–Trinajstić information content (AvgIpc) is 2.37. The molecule has 0 aliphatic heterocycles. The van der Waals surface area contributed by atoms with Crippen LogP contribution in [-0.2, 0) is 0 Å². The van der Waals surface area contributed by atoms with E-state index in [-0.39, 0.29) is 6.29 Å². The van der Waals surface area contributed by atoms with Crippen molar-refractivity contribution in [1.29, 1.82) is 0 Å². The maximum absolute atomic E-state index is 5.45. The van der Waals surface area contributed by atoms with Crippen LogP contribution >= 0.6 is 12.8 Å². The van der Waals surface area contributed by atoms with Gasteiger partial charge in [-0.05, 0) is 6.07 Å². The summed E-state index contributed by atoms with van der Waals surface area (Å²) in [6.07, 6.45) is 3.07. The summed E-state index contributed by atoms with van der Waals surface area (Å²) < 4.78 is 4.10. The summed E-state index contributed by atoms with van der Waals surface area (Å²) in [7, 11) is 0. The topological polar surface area (TPSA) is 55.9 Å². The molecule has 0 radical (unpaired) electrons. The Morgan fingerprint density at radius 1 is 1.78 bits per heavy atom. The number of hydrogen-bond acceptors (Lipinski definition) is 4. The molecule has 0 fully saturated rings. The Labute approximate surface area is 58.6 Å². The minimum absolute atomic E-state index is 0.344. The van der Waals surface area contributed by atoms with Gasteiger partial charge in [0.25, 0.3) is 0 Å². The van der Waals surface area contributed by atoms with Crippen LogP contribution in [0.15, 0.2) is 18.5 Å². The average molecular weight is 144 g/mol. The van der Waals surface area contributed by atoms with Gasteiger partial charge in [0.05, 0.1) is 0 Å². The molecule has 3 N–H and O–H groups in total. The molecule has 1 aromatic rings. The van der Waals surface area contributed by atoms with Gasteiger partial charge in [0.2, 0.25) is 0 Å². The van der Waals surface area contributed by atoms with Crippen LogP contribution < -0.4 is 10.5 Å². The quantitative estimate of drug-likeness (QED) is 0.395. The molecule has 1 atom stereocenters. The van der Waals surface area contributed by atoms with E-state index in [9.17, 15) is 0 Å². The molecule has 9 heavy (non-hydrogen) atoms. The number of thiol groups is 1. The molecule has 0 aromatic carbocycles. The number of hydrogen-bond donors (Lipinski definition) is 3. The lowest BCUT2D eigenvalue weighted by Gasteiger charge is -2.07. The van der Waals surface area contributed by atoms with Crippen LogP contribution in [0.25, 0.3) is 0 Å². The fourth-order valence-electron chi connectivity index (χ4n) is 0.504. The van der Waals surface area contributed by atoms with Crippen molar-refractivity contribution in [2.45, 2.75) is 6.29 Å². The summed E-state index contributed by atoms with van der Waals surface area (Å²) in [5, 5.41) is 3.87. The lowest BCUT2D eigenvalue weighted by Crippen LogP contribution is -2.28. The summed E-state index contributed by atoms with van der Waals surface area (Å²) in [5.41, 5.74) is 5.45. The van der Waals surface area contributed by atoms with Gasteiger partial charge in [-0.3, -0.25) is 5.73 Å². The number of nitrogens with two attached hydrogens (primary N) is 1. The van der Waals surface area contributed by atoms with Crippen molar-refractivity contribution < 1.29 is 0 Å². The lowest BCUT2D eigenvalue weighted by atomic mass is 10.7. The summed E-state index contributed by atoms with van der Waals surface area (Å²) in [5.74, 6) is 0. The van der Waals surface area contributed by atoms with Crippen molar-refractivity contribution >= 4 is 12.8 Å². The lowest BCUT2D eigenvalue weighted by molar-refractivity contribution is 0.459. The molecule has 0 saturated carbocycles. The van der Waals surface area contributed by atoms with E-state index in [0.717, 1.165) is 0 Å². The number of rotatable bonds is 2. The highest BCUT2D eigenvalue weighted by Crippen LogP contribution is 1.90.